The predicted molar refractivity (Wildman–Crippen MR) is 62.8 cm³/mol. The number of ether oxygens (including phenoxy) is 2. The minimum Gasteiger partial charge on any atom is -0.342 e. The molecule has 3 atom stereocenters. The van der Waals surface area contributed by atoms with Gasteiger partial charge in [-0.05, 0) is 18.6 Å². The van der Waals surface area contributed by atoms with Gasteiger partial charge in [0, 0.05) is 23.4 Å². The third-order valence-corrected chi connectivity index (χ3v) is 3.54. The lowest BCUT2D eigenvalue weighted by molar-refractivity contribution is -0.123. The fourth-order valence-electron chi connectivity index (χ4n) is 2.37. The van der Waals surface area contributed by atoms with Gasteiger partial charge in [0.2, 0.25) is 0 Å². The quantitative estimate of drug-likeness (QED) is 0.771. The molecule has 0 aromatic heterocycles. The molecular formula is C13H13ClO3. The highest BCUT2D eigenvalue weighted by Crippen LogP contribution is 2.37. The summed E-state index contributed by atoms with van der Waals surface area (Å²) in [7, 11) is 0. The van der Waals surface area contributed by atoms with Crippen molar-refractivity contribution in [1.29, 1.82) is 0 Å². The highest BCUT2D eigenvalue weighted by atomic mass is 35.5. The molecule has 1 aliphatic heterocycles. The molecular weight excluding hydrogens is 240 g/mol. The van der Waals surface area contributed by atoms with Crippen molar-refractivity contribution in [2.24, 2.45) is 0 Å². The highest BCUT2D eigenvalue weighted by molar-refractivity contribution is 6.30. The van der Waals surface area contributed by atoms with Crippen LogP contribution in [0.15, 0.2) is 24.3 Å². The van der Waals surface area contributed by atoms with E-state index in [0.717, 1.165) is 12.0 Å². The second-order valence-electron chi connectivity index (χ2n) is 4.51. The summed E-state index contributed by atoms with van der Waals surface area (Å²) in [5.41, 5.74) is 0.955. The number of benzene rings is 1. The number of carbonyl (C=O) groups is 1. The second-order valence-corrected chi connectivity index (χ2v) is 4.95. The second kappa shape index (κ2) is 4.41. The molecule has 0 spiro atoms. The maximum Gasteiger partial charge on any atom is 0.184 e. The van der Waals surface area contributed by atoms with Crippen LogP contribution in [0, 0.1) is 0 Å². The lowest BCUT2D eigenvalue weighted by Gasteiger charge is -2.20. The Morgan fingerprint density at radius 1 is 1.12 bits per heavy atom. The summed E-state index contributed by atoms with van der Waals surface area (Å²) in [6.07, 6.45) is 1.50. The van der Waals surface area contributed by atoms with Crippen LogP contribution in [-0.4, -0.2) is 18.0 Å². The maximum absolute atomic E-state index is 11.3. The summed E-state index contributed by atoms with van der Waals surface area (Å²) < 4.78 is 11.6. The van der Waals surface area contributed by atoms with E-state index in [1.165, 1.54) is 0 Å². The van der Waals surface area contributed by atoms with Gasteiger partial charge in [-0.1, -0.05) is 23.7 Å². The van der Waals surface area contributed by atoms with Gasteiger partial charge in [-0.2, -0.15) is 0 Å². The largest absolute Gasteiger partial charge is 0.342 e. The van der Waals surface area contributed by atoms with Crippen LogP contribution in [0.25, 0.3) is 0 Å². The average Bonchev–Trinajstić information content (AvgIpc) is 2.72. The molecule has 3 rings (SSSR count). The zero-order valence-corrected chi connectivity index (χ0v) is 10.0. The third-order valence-electron chi connectivity index (χ3n) is 3.29. The Morgan fingerprint density at radius 3 is 2.59 bits per heavy atom. The van der Waals surface area contributed by atoms with Crippen molar-refractivity contribution in [3.63, 3.8) is 0 Å². The molecule has 1 aliphatic carbocycles. The van der Waals surface area contributed by atoms with E-state index in [1.807, 2.05) is 24.3 Å². The van der Waals surface area contributed by atoms with Crippen molar-refractivity contribution < 1.29 is 14.3 Å². The van der Waals surface area contributed by atoms with Crippen molar-refractivity contribution in [1.82, 2.24) is 0 Å². The first-order valence-electron chi connectivity index (χ1n) is 5.80. The molecule has 1 aromatic rings. The number of halogens is 1. The van der Waals surface area contributed by atoms with E-state index in [2.05, 4.69) is 0 Å². The molecule has 0 N–H and O–H groups in total. The lowest BCUT2D eigenvalue weighted by atomic mass is 9.94. The van der Waals surface area contributed by atoms with Crippen LogP contribution in [0.2, 0.25) is 5.02 Å². The molecule has 0 amide bonds. The van der Waals surface area contributed by atoms with E-state index in [0.29, 0.717) is 17.9 Å². The monoisotopic (exact) mass is 252 g/mol. The SMILES string of the molecule is O=C1CCC2OC(c3ccc(Cl)cc3)OC2C1. The van der Waals surface area contributed by atoms with E-state index in [1.54, 1.807) is 0 Å². The first kappa shape index (κ1) is 11.2. The summed E-state index contributed by atoms with van der Waals surface area (Å²) in [6.45, 7) is 0. The summed E-state index contributed by atoms with van der Waals surface area (Å²) in [5.74, 6) is 0.270. The number of carbonyl (C=O) groups excluding carboxylic acids is 1. The predicted octanol–water partition coefficient (Wildman–Crippen LogP) is 2.88. The molecule has 0 bridgehead atoms. The van der Waals surface area contributed by atoms with Gasteiger partial charge >= 0.3 is 0 Å². The Kier molecular flexibility index (Phi) is 2.90. The summed E-state index contributed by atoms with van der Waals surface area (Å²) in [4.78, 5) is 11.3. The first-order chi connectivity index (χ1) is 8.22. The van der Waals surface area contributed by atoms with Gasteiger partial charge in [0.1, 0.15) is 5.78 Å². The molecule has 3 unspecified atom stereocenters. The Balaban J connectivity index is 1.75. The minimum atomic E-state index is -0.354. The summed E-state index contributed by atoms with van der Waals surface area (Å²) in [5, 5.41) is 0.694. The average molecular weight is 253 g/mol. The van der Waals surface area contributed by atoms with Crippen LogP contribution in [-0.2, 0) is 14.3 Å². The number of Topliss-reactive ketones (excluding diaryl/α,β-unsaturated/α-hetero) is 1. The van der Waals surface area contributed by atoms with Gasteiger partial charge in [-0.3, -0.25) is 4.79 Å². The molecule has 17 heavy (non-hydrogen) atoms. The van der Waals surface area contributed by atoms with Gasteiger partial charge in [0.15, 0.2) is 6.29 Å². The van der Waals surface area contributed by atoms with Gasteiger partial charge in [0.25, 0.3) is 0 Å². The highest BCUT2D eigenvalue weighted by Gasteiger charge is 2.40. The maximum atomic E-state index is 11.3. The van der Waals surface area contributed by atoms with Crippen molar-refractivity contribution in [3.05, 3.63) is 34.9 Å². The van der Waals surface area contributed by atoms with E-state index >= 15 is 0 Å². The lowest BCUT2D eigenvalue weighted by Crippen LogP contribution is -2.31. The van der Waals surface area contributed by atoms with Crippen molar-refractivity contribution in [2.45, 2.75) is 37.8 Å². The van der Waals surface area contributed by atoms with Crippen LogP contribution in [0.1, 0.15) is 31.1 Å². The number of ketones is 1. The third kappa shape index (κ3) is 2.23. The summed E-state index contributed by atoms with van der Waals surface area (Å²) >= 11 is 5.83. The fraction of sp³-hybridized carbons (Fsp3) is 0.462. The molecule has 2 fully saturated rings. The smallest absolute Gasteiger partial charge is 0.184 e. The van der Waals surface area contributed by atoms with Crippen molar-refractivity contribution in [3.8, 4) is 0 Å². The first-order valence-corrected chi connectivity index (χ1v) is 6.18. The number of fused-ring (bicyclic) bond motifs is 1. The van der Waals surface area contributed by atoms with E-state index in [9.17, 15) is 4.79 Å². The minimum absolute atomic E-state index is 0.0633. The van der Waals surface area contributed by atoms with Crippen molar-refractivity contribution in [2.75, 3.05) is 0 Å². The fourth-order valence-corrected chi connectivity index (χ4v) is 2.49. The van der Waals surface area contributed by atoms with Crippen LogP contribution >= 0.6 is 11.6 Å². The number of hydrogen-bond acceptors (Lipinski definition) is 3. The van der Waals surface area contributed by atoms with E-state index in [-0.39, 0.29) is 24.3 Å². The molecule has 1 aromatic carbocycles. The topological polar surface area (TPSA) is 35.5 Å². The normalized spacial score (nSPS) is 32.5. The zero-order valence-electron chi connectivity index (χ0n) is 9.27. The number of rotatable bonds is 1. The van der Waals surface area contributed by atoms with Gasteiger partial charge in [0.05, 0.1) is 12.2 Å². The van der Waals surface area contributed by atoms with Crippen LogP contribution in [0.4, 0.5) is 0 Å². The molecule has 2 aliphatic rings. The van der Waals surface area contributed by atoms with Gasteiger partial charge < -0.3 is 9.47 Å². The van der Waals surface area contributed by atoms with Gasteiger partial charge in [-0.15, -0.1) is 0 Å². The molecule has 4 heteroatoms. The molecule has 1 heterocycles. The van der Waals surface area contributed by atoms with Crippen molar-refractivity contribution >= 4 is 17.4 Å². The molecule has 1 saturated carbocycles. The molecule has 3 nitrogen and oxygen atoms in total. The van der Waals surface area contributed by atoms with Crippen LogP contribution in [0.3, 0.4) is 0 Å². The standard InChI is InChI=1S/C13H13ClO3/c14-9-3-1-8(2-4-9)13-16-11-6-5-10(15)7-12(11)17-13/h1-4,11-13H,5-7H2. The Labute approximate surface area is 105 Å². The molecule has 90 valence electrons. The molecule has 0 radical (unpaired) electrons. The van der Waals surface area contributed by atoms with Gasteiger partial charge in [-0.25, -0.2) is 0 Å². The Morgan fingerprint density at radius 2 is 1.82 bits per heavy atom. The van der Waals surface area contributed by atoms with Crippen LogP contribution < -0.4 is 0 Å². The Bertz CT molecular complexity index is 429. The number of hydrogen-bond donors (Lipinski definition) is 0. The van der Waals surface area contributed by atoms with E-state index < -0.39 is 0 Å². The van der Waals surface area contributed by atoms with E-state index in [4.69, 9.17) is 21.1 Å². The molecule has 1 saturated heterocycles. The Hall–Kier alpha value is -0.900. The zero-order chi connectivity index (χ0) is 11.8. The van der Waals surface area contributed by atoms with Crippen LogP contribution in [0.5, 0.6) is 0 Å². The summed E-state index contributed by atoms with van der Waals surface area (Å²) in [6, 6.07) is 7.42.